The first-order valence-corrected chi connectivity index (χ1v) is 8.90. The van der Waals surface area contributed by atoms with Gasteiger partial charge in [0.15, 0.2) is 5.78 Å². The topological polar surface area (TPSA) is 42.3 Å². The molecule has 0 spiro atoms. The number of aromatic nitrogens is 1. The summed E-state index contributed by atoms with van der Waals surface area (Å²) in [6, 6.07) is 8.16. The van der Waals surface area contributed by atoms with Crippen LogP contribution < -0.4 is 0 Å². The molecule has 0 radical (unpaired) electrons. The molecule has 4 heteroatoms. The van der Waals surface area contributed by atoms with Gasteiger partial charge in [-0.25, -0.2) is 0 Å². The Kier molecular flexibility index (Phi) is 4.74. The van der Waals surface area contributed by atoms with Gasteiger partial charge in [-0.2, -0.15) is 0 Å². The van der Waals surface area contributed by atoms with Crippen molar-refractivity contribution in [2.24, 2.45) is 5.92 Å². The van der Waals surface area contributed by atoms with Crippen molar-refractivity contribution in [2.75, 3.05) is 6.54 Å². The summed E-state index contributed by atoms with van der Waals surface area (Å²) in [7, 11) is 0. The second-order valence-corrected chi connectivity index (χ2v) is 7.14. The Morgan fingerprint density at radius 3 is 2.67 bits per heavy atom. The quantitative estimate of drug-likeness (QED) is 0.800. The number of Topliss-reactive ketones (excluding diaryl/α,β-unsaturated/α-hetero) is 1. The van der Waals surface area contributed by atoms with E-state index >= 15 is 0 Å². The van der Waals surface area contributed by atoms with Crippen LogP contribution in [-0.4, -0.2) is 33.7 Å². The number of piperidine rings is 1. The standard InChI is InChI=1S/C20H26N2O2/c1-14(2)20(24)17-12-21(18-10-5-4-9-16(17)18)13-19(23)22-11-7-6-8-15(22)3/h4-5,9-10,12,14-15H,6-8,11,13H2,1-3H3/t15-/m0/s1. The molecule has 0 saturated carbocycles. The molecule has 2 aromatic rings. The molecule has 24 heavy (non-hydrogen) atoms. The van der Waals surface area contributed by atoms with E-state index in [9.17, 15) is 9.59 Å². The lowest BCUT2D eigenvalue weighted by Crippen LogP contribution is -2.43. The number of amides is 1. The maximum Gasteiger partial charge on any atom is 0.242 e. The third-order valence-electron chi connectivity index (χ3n) is 5.01. The van der Waals surface area contributed by atoms with E-state index in [1.54, 1.807) is 0 Å². The van der Waals surface area contributed by atoms with E-state index in [-0.39, 0.29) is 17.6 Å². The Bertz CT molecular complexity index is 760. The molecule has 0 unspecified atom stereocenters. The summed E-state index contributed by atoms with van der Waals surface area (Å²) in [6.07, 6.45) is 5.22. The van der Waals surface area contributed by atoms with Gasteiger partial charge < -0.3 is 9.47 Å². The molecular weight excluding hydrogens is 300 g/mol. The van der Waals surface area contributed by atoms with Crippen molar-refractivity contribution >= 4 is 22.6 Å². The smallest absolute Gasteiger partial charge is 0.242 e. The highest BCUT2D eigenvalue weighted by Crippen LogP contribution is 2.25. The van der Waals surface area contributed by atoms with E-state index in [2.05, 4.69) is 6.92 Å². The number of carbonyl (C=O) groups excluding carboxylic acids is 2. The SMILES string of the molecule is CC(C)C(=O)c1cn(CC(=O)N2CCCC[C@@H]2C)c2ccccc12. The molecule has 1 aromatic carbocycles. The van der Waals surface area contributed by atoms with E-state index in [4.69, 9.17) is 0 Å². The van der Waals surface area contributed by atoms with Gasteiger partial charge in [-0.15, -0.1) is 0 Å². The average molecular weight is 326 g/mol. The average Bonchev–Trinajstić information content (AvgIpc) is 2.93. The summed E-state index contributed by atoms with van der Waals surface area (Å²) >= 11 is 0. The summed E-state index contributed by atoms with van der Waals surface area (Å²) in [4.78, 5) is 27.2. The van der Waals surface area contributed by atoms with Crippen LogP contribution in [0.15, 0.2) is 30.5 Å². The van der Waals surface area contributed by atoms with Crippen LogP contribution in [-0.2, 0) is 11.3 Å². The number of carbonyl (C=O) groups is 2. The molecule has 1 aliphatic heterocycles. The summed E-state index contributed by atoms with van der Waals surface area (Å²) in [5.41, 5.74) is 1.68. The molecule has 2 heterocycles. The highest BCUT2D eigenvalue weighted by atomic mass is 16.2. The lowest BCUT2D eigenvalue weighted by atomic mass is 10.0. The number of hydrogen-bond donors (Lipinski definition) is 0. The molecule has 1 saturated heterocycles. The van der Waals surface area contributed by atoms with Gasteiger partial charge >= 0.3 is 0 Å². The Morgan fingerprint density at radius 1 is 1.21 bits per heavy atom. The van der Waals surface area contributed by atoms with Crippen LogP contribution in [0.3, 0.4) is 0 Å². The van der Waals surface area contributed by atoms with Crippen molar-refractivity contribution in [3.05, 3.63) is 36.0 Å². The molecule has 3 rings (SSSR count). The third-order valence-corrected chi connectivity index (χ3v) is 5.01. The van der Waals surface area contributed by atoms with Crippen molar-refractivity contribution < 1.29 is 9.59 Å². The minimum absolute atomic E-state index is 0.0536. The van der Waals surface area contributed by atoms with Crippen LogP contribution >= 0.6 is 0 Å². The van der Waals surface area contributed by atoms with Gasteiger partial charge in [-0.05, 0) is 32.3 Å². The van der Waals surface area contributed by atoms with Crippen LogP contribution in [0, 0.1) is 5.92 Å². The van der Waals surface area contributed by atoms with Crippen LogP contribution in [0.2, 0.25) is 0 Å². The monoisotopic (exact) mass is 326 g/mol. The minimum Gasteiger partial charge on any atom is -0.338 e. The Balaban J connectivity index is 1.92. The predicted molar refractivity (Wildman–Crippen MR) is 96.1 cm³/mol. The number of nitrogens with zero attached hydrogens (tertiary/aromatic N) is 2. The van der Waals surface area contributed by atoms with Crippen molar-refractivity contribution in [3.63, 3.8) is 0 Å². The molecule has 0 N–H and O–H groups in total. The summed E-state index contributed by atoms with van der Waals surface area (Å²) in [5.74, 6) is 0.220. The number of para-hydroxylation sites is 1. The second kappa shape index (κ2) is 6.80. The first-order valence-electron chi connectivity index (χ1n) is 8.90. The Labute approximate surface area is 143 Å². The molecule has 0 aliphatic carbocycles. The van der Waals surface area contributed by atoms with Crippen molar-refractivity contribution in [1.29, 1.82) is 0 Å². The second-order valence-electron chi connectivity index (χ2n) is 7.14. The Hall–Kier alpha value is -2.10. The normalized spacial score (nSPS) is 18.3. The zero-order valence-electron chi connectivity index (χ0n) is 14.8. The van der Waals surface area contributed by atoms with Gasteiger partial charge in [0, 0.05) is 41.2 Å². The molecule has 1 atom stereocenters. The Morgan fingerprint density at radius 2 is 1.96 bits per heavy atom. The number of likely N-dealkylation sites (tertiary alicyclic amines) is 1. The lowest BCUT2D eigenvalue weighted by molar-refractivity contribution is -0.135. The fourth-order valence-electron chi connectivity index (χ4n) is 3.59. The molecule has 4 nitrogen and oxygen atoms in total. The lowest BCUT2D eigenvalue weighted by Gasteiger charge is -2.33. The zero-order valence-corrected chi connectivity index (χ0v) is 14.8. The first kappa shape index (κ1) is 16.7. The minimum atomic E-state index is -0.0536. The third kappa shape index (κ3) is 3.10. The van der Waals surface area contributed by atoms with E-state index in [0.29, 0.717) is 12.6 Å². The number of hydrogen-bond acceptors (Lipinski definition) is 2. The van der Waals surface area contributed by atoms with Crippen LogP contribution in [0.4, 0.5) is 0 Å². The predicted octanol–water partition coefficient (Wildman–Crippen LogP) is 3.88. The van der Waals surface area contributed by atoms with Crippen LogP contribution in [0.25, 0.3) is 10.9 Å². The van der Waals surface area contributed by atoms with Crippen molar-refractivity contribution in [2.45, 2.75) is 52.6 Å². The van der Waals surface area contributed by atoms with Crippen molar-refractivity contribution in [1.82, 2.24) is 9.47 Å². The number of rotatable bonds is 4. The summed E-state index contributed by atoms with van der Waals surface area (Å²) < 4.78 is 1.94. The maximum atomic E-state index is 12.8. The molecule has 0 bridgehead atoms. The number of fused-ring (bicyclic) bond motifs is 1. The fourth-order valence-corrected chi connectivity index (χ4v) is 3.59. The summed E-state index contributed by atoms with van der Waals surface area (Å²) in [5, 5.41) is 0.940. The van der Waals surface area contributed by atoms with E-state index in [0.717, 1.165) is 35.9 Å². The first-order chi connectivity index (χ1) is 11.5. The van der Waals surface area contributed by atoms with Gasteiger partial charge in [-0.1, -0.05) is 32.0 Å². The van der Waals surface area contributed by atoms with E-state index < -0.39 is 0 Å². The van der Waals surface area contributed by atoms with Gasteiger partial charge in [0.05, 0.1) is 0 Å². The van der Waals surface area contributed by atoms with Crippen molar-refractivity contribution in [3.8, 4) is 0 Å². The molecule has 1 amide bonds. The highest BCUT2D eigenvalue weighted by Gasteiger charge is 2.24. The number of ketones is 1. The largest absolute Gasteiger partial charge is 0.338 e. The molecular formula is C20H26N2O2. The highest BCUT2D eigenvalue weighted by molar-refractivity contribution is 6.09. The molecule has 128 valence electrons. The zero-order chi connectivity index (χ0) is 17.3. The van der Waals surface area contributed by atoms with Gasteiger partial charge in [0.25, 0.3) is 0 Å². The van der Waals surface area contributed by atoms with E-state index in [1.165, 1.54) is 6.42 Å². The van der Waals surface area contributed by atoms with Crippen LogP contribution in [0.1, 0.15) is 50.4 Å². The number of benzene rings is 1. The molecule has 1 fully saturated rings. The van der Waals surface area contributed by atoms with Crippen LogP contribution in [0.5, 0.6) is 0 Å². The van der Waals surface area contributed by atoms with Gasteiger partial charge in [0.2, 0.25) is 5.91 Å². The van der Waals surface area contributed by atoms with Gasteiger partial charge in [0.1, 0.15) is 6.54 Å². The summed E-state index contributed by atoms with van der Waals surface area (Å²) in [6.45, 7) is 7.09. The van der Waals surface area contributed by atoms with E-state index in [1.807, 2.05) is 53.8 Å². The fraction of sp³-hybridized carbons (Fsp3) is 0.500. The maximum absolute atomic E-state index is 12.8. The molecule has 1 aliphatic rings. The molecule has 1 aromatic heterocycles. The van der Waals surface area contributed by atoms with Gasteiger partial charge in [-0.3, -0.25) is 9.59 Å².